The minimum Gasteiger partial charge on any atom is -0.298 e. The van der Waals surface area contributed by atoms with Crippen LogP contribution in [0.15, 0.2) is 47.5 Å². The summed E-state index contributed by atoms with van der Waals surface area (Å²) >= 11 is 2.07. The normalized spacial score (nSPS) is 11.7. The van der Waals surface area contributed by atoms with E-state index in [-0.39, 0.29) is 11.0 Å². The van der Waals surface area contributed by atoms with Gasteiger partial charge in [0.1, 0.15) is 0 Å². The van der Waals surface area contributed by atoms with E-state index in [4.69, 9.17) is 0 Å². The Hall–Kier alpha value is -2.02. The van der Waals surface area contributed by atoms with E-state index in [1.165, 1.54) is 10.1 Å². The van der Waals surface area contributed by atoms with Crippen molar-refractivity contribution in [1.82, 2.24) is 9.55 Å². The highest BCUT2D eigenvalue weighted by molar-refractivity contribution is 14.1. The average molecular weight is 432 g/mol. The molecule has 1 aromatic carbocycles. The number of pyridine rings is 2. The molecular weight excluding hydrogens is 415 g/mol. The zero-order chi connectivity index (χ0) is 17.5. The van der Waals surface area contributed by atoms with Gasteiger partial charge in [0.25, 0.3) is 5.56 Å². The van der Waals surface area contributed by atoms with Crippen LogP contribution in [0.4, 0.5) is 0 Å². The Kier molecular flexibility index (Phi) is 4.29. The largest absolute Gasteiger partial charge is 0.298 e. The van der Waals surface area contributed by atoms with Crippen molar-refractivity contribution in [3.05, 3.63) is 67.8 Å². The van der Waals surface area contributed by atoms with Gasteiger partial charge in [-0.2, -0.15) is 0 Å². The summed E-state index contributed by atoms with van der Waals surface area (Å²) in [5, 5.41) is 1.50. The summed E-state index contributed by atoms with van der Waals surface area (Å²) in [5.74, 6) is 0.365. The van der Waals surface area contributed by atoms with Crippen molar-refractivity contribution in [2.45, 2.75) is 26.2 Å². The van der Waals surface area contributed by atoms with Crippen LogP contribution in [0.25, 0.3) is 16.6 Å². The van der Waals surface area contributed by atoms with Crippen LogP contribution in [-0.2, 0) is 5.41 Å². The van der Waals surface area contributed by atoms with Gasteiger partial charge in [0.15, 0.2) is 12.1 Å². The first-order valence-corrected chi connectivity index (χ1v) is 8.67. The summed E-state index contributed by atoms with van der Waals surface area (Å²) in [4.78, 5) is 28.5. The van der Waals surface area contributed by atoms with E-state index >= 15 is 0 Å². The number of rotatable bonds is 2. The van der Waals surface area contributed by atoms with Crippen molar-refractivity contribution in [3.63, 3.8) is 0 Å². The number of aromatic nitrogens is 2. The minimum atomic E-state index is -0.175. The maximum absolute atomic E-state index is 12.9. The monoisotopic (exact) mass is 432 g/mol. The molecule has 5 heteroatoms. The maximum atomic E-state index is 12.9. The number of nitrogens with zero attached hydrogens (tertiary/aromatic N) is 2. The van der Waals surface area contributed by atoms with E-state index < -0.39 is 0 Å². The van der Waals surface area contributed by atoms with Crippen molar-refractivity contribution >= 4 is 39.6 Å². The Morgan fingerprint density at radius 2 is 1.92 bits per heavy atom. The SMILES string of the molecule is CC(C)(C)c1ccc2c(=O)n(-c3nccc(I)c3C=O)ccc2c1. The Bertz CT molecular complexity index is 1000. The second kappa shape index (κ2) is 6.12. The molecule has 0 radical (unpaired) electrons. The van der Waals surface area contributed by atoms with Gasteiger partial charge in [0.05, 0.1) is 5.56 Å². The highest BCUT2D eigenvalue weighted by Gasteiger charge is 2.16. The van der Waals surface area contributed by atoms with Crippen LogP contribution in [-0.4, -0.2) is 15.8 Å². The van der Waals surface area contributed by atoms with Crippen LogP contribution in [0.1, 0.15) is 36.7 Å². The lowest BCUT2D eigenvalue weighted by molar-refractivity contribution is 0.112. The second-order valence-corrected chi connectivity index (χ2v) is 7.85. The standard InChI is InChI=1S/C19H17IN2O2/c1-19(2,3)13-4-5-14-12(10-13)7-9-22(18(14)24)17-15(11-23)16(20)6-8-21-17/h4-11H,1-3H3. The lowest BCUT2D eigenvalue weighted by Crippen LogP contribution is -2.21. The molecule has 4 nitrogen and oxygen atoms in total. The van der Waals surface area contributed by atoms with Gasteiger partial charge in [-0.05, 0) is 57.2 Å². The first kappa shape index (κ1) is 16.8. The summed E-state index contributed by atoms with van der Waals surface area (Å²) < 4.78 is 2.20. The van der Waals surface area contributed by atoms with Gasteiger partial charge in [0, 0.05) is 21.4 Å². The summed E-state index contributed by atoms with van der Waals surface area (Å²) in [6.45, 7) is 6.42. The molecule has 0 fully saturated rings. The van der Waals surface area contributed by atoms with Gasteiger partial charge in [0.2, 0.25) is 0 Å². The molecular formula is C19H17IN2O2. The number of fused-ring (bicyclic) bond motifs is 1. The molecule has 0 atom stereocenters. The summed E-state index contributed by atoms with van der Waals surface area (Å²) in [6, 6.07) is 9.52. The third-order valence-electron chi connectivity index (χ3n) is 4.03. The lowest BCUT2D eigenvalue weighted by atomic mass is 9.86. The summed E-state index contributed by atoms with van der Waals surface area (Å²) in [6.07, 6.45) is 4.02. The number of carbonyl (C=O) groups excluding carboxylic acids is 1. The molecule has 0 saturated heterocycles. The molecule has 0 unspecified atom stereocenters. The molecule has 3 rings (SSSR count). The zero-order valence-corrected chi connectivity index (χ0v) is 15.9. The lowest BCUT2D eigenvalue weighted by Gasteiger charge is -2.19. The summed E-state index contributed by atoms with van der Waals surface area (Å²) in [5.41, 5.74) is 1.44. The molecule has 3 aromatic rings. The van der Waals surface area contributed by atoms with Crippen molar-refractivity contribution in [2.24, 2.45) is 0 Å². The zero-order valence-electron chi connectivity index (χ0n) is 13.7. The van der Waals surface area contributed by atoms with Crippen molar-refractivity contribution in [2.75, 3.05) is 0 Å². The van der Waals surface area contributed by atoms with E-state index in [1.807, 2.05) is 24.3 Å². The quantitative estimate of drug-likeness (QED) is 0.453. The Labute approximate surface area is 153 Å². The fraction of sp³-hybridized carbons (Fsp3) is 0.211. The first-order chi connectivity index (χ1) is 11.3. The van der Waals surface area contributed by atoms with Crippen LogP contribution in [0.5, 0.6) is 0 Å². The number of halogens is 1. The van der Waals surface area contributed by atoms with Crippen LogP contribution in [0, 0.1) is 3.57 Å². The Balaban J connectivity index is 2.26. The van der Waals surface area contributed by atoms with E-state index in [9.17, 15) is 9.59 Å². The highest BCUT2D eigenvalue weighted by atomic mass is 127. The first-order valence-electron chi connectivity index (χ1n) is 7.59. The minimum absolute atomic E-state index is 0.0187. The predicted molar refractivity (Wildman–Crippen MR) is 104 cm³/mol. The van der Waals surface area contributed by atoms with E-state index in [0.717, 1.165) is 15.2 Å². The van der Waals surface area contributed by atoms with Crippen LogP contribution >= 0.6 is 22.6 Å². The van der Waals surface area contributed by atoms with Gasteiger partial charge in [-0.3, -0.25) is 14.2 Å². The molecule has 0 aliphatic rings. The molecule has 0 aliphatic carbocycles. The van der Waals surface area contributed by atoms with Gasteiger partial charge in [-0.25, -0.2) is 4.98 Å². The summed E-state index contributed by atoms with van der Waals surface area (Å²) in [7, 11) is 0. The molecule has 0 bridgehead atoms. The Morgan fingerprint density at radius 3 is 2.58 bits per heavy atom. The number of aldehydes is 1. The maximum Gasteiger partial charge on any atom is 0.264 e. The van der Waals surface area contributed by atoms with Crippen molar-refractivity contribution in [3.8, 4) is 5.82 Å². The van der Waals surface area contributed by atoms with Gasteiger partial charge in [-0.1, -0.05) is 32.9 Å². The van der Waals surface area contributed by atoms with Gasteiger partial charge < -0.3 is 0 Å². The molecule has 0 saturated carbocycles. The topological polar surface area (TPSA) is 52.0 Å². The molecule has 0 N–H and O–H groups in total. The van der Waals surface area contributed by atoms with Gasteiger partial charge >= 0.3 is 0 Å². The van der Waals surface area contributed by atoms with Crippen LogP contribution in [0.3, 0.4) is 0 Å². The van der Waals surface area contributed by atoms with E-state index in [0.29, 0.717) is 16.8 Å². The van der Waals surface area contributed by atoms with Gasteiger partial charge in [-0.15, -0.1) is 0 Å². The third kappa shape index (κ3) is 2.88. The molecule has 2 aromatic heterocycles. The van der Waals surface area contributed by atoms with Crippen molar-refractivity contribution in [1.29, 1.82) is 0 Å². The Morgan fingerprint density at radius 1 is 1.17 bits per heavy atom. The molecule has 0 amide bonds. The molecule has 0 spiro atoms. The molecule has 0 aliphatic heterocycles. The van der Waals surface area contributed by atoms with E-state index in [2.05, 4.69) is 48.3 Å². The van der Waals surface area contributed by atoms with E-state index in [1.54, 1.807) is 18.5 Å². The number of benzene rings is 1. The molecule has 24 heavy (non-hydrogen) atoms. The molecule has 2 heterocycles. The van der Waals surface area contributed by atoms with Crippen molar-refractivity contribution < 1.29 is 4.79 Å². The fourth-order valence-corrected chi connectivity index (χ4v) is 3.15. The molecule has 122 valence electrons. The fourth-order valence-electron chi connectivity index (χ4n) is 2.62. The highest BCUT2D eigenvalue weighted by Crippen LogP contribution is 2.25. The van der Waals surface area contributed by atoms with Crippen LogP contribution in [0.2, 0.25) is 0 Å². The second-order valence-electron chi connectivity index (χ2n) is 6.69. The predicted octanol–water partition coefficient (Wildman–Crippen LogP) is 4.10. The number of hydrogen-bond donors (Lipinski definition) is 0. The number of hydrogen-bond acceptors (Lipinski definition) is 3. The third-order valence-corrected chi connectivity index (χ3v) is 4.97. The van der Waals surface area contributed by atoms with Crippen LogP contribution < -0.4 is 5.56 Å². The average Bonchev–Trinajstić information content (AvgIpc) is 2.54. The number of carbonyl (C=O) groups is 1. The smallest absolute Gasteiger partial charge is 0.264 e.